The summed E-state index contributed by atoms with van der Waals surface area (Å²) in [6, 6.07) is 7.16. The van der Waals surface area contributed by atoms with Crippen LogP contribution in [0.15, 0.2) is 24.3 Å². The Morgan fingerprint density at radius 1 is 1.33 bits per heavy atom. The molecule has 1 aromatic carbocycles. The number of aryl methyl sites for hydroxylation is 1. The second-order valence-corrected chi connectivity index (χ2v) is 3.52. The van der Waals surface area contributed by atoms with Crippen LogP contribution in [0.4, 0.5) is 0 Å². The van der Waals surface area contributed by atoms with Crippen molar-refractivity contribution in [3.05, 3.63) is 35.4 Å². The molecule has 0 aliphatic rings. The average Bonchev–Trinajstić information content (AvgIpc) is 2.35. The molecule has 1 aromatic rings. The SMILES string of the molecule is CCOC(=O)C#Cc1ccccc1CCC(=O)O. The van der Waals surface area contributed by atoms with Gasteiger partial charge in [-0.3, -0.25) is 4.79 Å². The molecule has 0 fully saturated rings. The molecule has 0 aliphatic heterocycles. The van der Waals surface area contributed by atoms with E-state index in [-0.39, 0.29) is 13.0 Å². The molecule has 0 atom stereocenters. The van der Waals surface area contributed by atoms with Crippen molar-refractivity contribution in [2.75, 3.05) is 6.61 Å². The van der Waals surface area contributed by atoms with Crippen LogP contribution < -0.4 is 0 Å². The molecule has 0 heterocycles. The number of hydrogen-bond donors (Lipinski definition) is 1. The third kappa shape index (κ3) is 4.71. The van der Waals surface area contributed by atoms with Crippen LogP contribution in [0.2, 0.25) is 0 Å². The summed E-state index contributed by atoms with van der Waals surface area (Å²) in [5, 5.41) is 8.64. The number of carboxylic acid groups (broad SMARTS) is 1. The molecule has 1 N–H and O–H groups in total. The molecule has 0 saturated heterocycles. The Bertz CT molecular complexity index is 494. The first kappa shape index (κ1) is 13.8. The molecule has 0 saturated carbocycles. The predicted molar refractivity (Wildman–Crippen MR) is 65.9 cm³/mol. The number of rotatable bonds is 4. The number of hydrogen-bond acceptors (Lipinski definition) is 3. The summed E-state index contributed by atoms with van der Waals surface area (Å²) in [5.74, 6) is 3.64. The number of esters is 1. The fourth-order valence-electron chi connectivity index (χ4n) is 1.39. The first-order valence-corrected chi connectivity index (χ1v) is 5.62. The molecular formula is C14H14O4. The van der Waals surface area contributed by atoms with E-state index in [4.69, 9.17) is 9.84 Å². The third-order valence-electron chi connectivity index (χ3n) is 2.20. The third-order valence-corrected chi connectivity index (χ3v) is 2.20. The minimum atomic E-state index is -0.858. The fourth-order valence-corrected chi connectivity index (χ4v) is 1.39. The van der Waals surface area contributed by atoms with Crippen LogP contribution in [0.25, 0.3) is 0 Å². The van der Waals surface area contributed by atoms with Gasteiger partial charge in [-0.2, -0.15) is 0 Å². The van der Waals surface area contributed by atoms with E-state index in [0.717, 1.165) is 5.56 Å². The number of carboxylic acids is 1. The highest BCUT2D eigenvalue weighted by atomic mass is 16.5. The van der Waals surface area contributed by atoms with Gasteiger partial charge in [-0.05, 0) is 25.0 Å². The Kier molecular flexibility index (Phi) is 5.46. The van der Waals surface area contributed by atoms with Crippen molar-refractivity contribution in [2.45, 2.75) is 19.8 Å². The topological polar surface area (TPSA) is 63.6 Å². The summed E-state index contributed by atoms with van der Waals surface area (Å²) in [5.41, 5.74) is 1.48. The quantitative estimate of drug-likeness (QED) is 0.647. The van der Waals surface area contributed by atoms with E-state index in [1.54, 1.807) is 25.1 Å². The lowest BCUT2D eigenvalue weighted by Crippen LogP contribution is -2.01. The lowest BCUT2D eigenvalue weighted by molar-refractivity contribution is -0.137. The predicted octanol–water partition coefficient (Wildman–Crippen LogP) is 1.62. The van der Waals surface area contributed by atoms with Crippen molar-refractivity contribution < 1.29 is 19.4 Å². The van der Waals surface area contributed by atoms with Gasteiger partial charge < -0.3 is 9.84 Å². The minimum absolute atomic E-state index is 0.0398. The van der Waals surface area contributed by atoms with Crippen molar-refractivity contribution in [1.82, 2.24) is 0 Å². The Morgan fingerprint density at radius 2 is 2.06 bits per heavy atom. The van der Waals surface area contributed by atoms with E-state index in [2.05, 4.69) is 11.8 Å². The van der Waals surface area contributed by atoms with Gasteiger partial charge in [-0.1, -0.05) is 24.1 Å². The highest BCUT2D eigenvalue weighted by molar-refractivity contribution is 5.89. The second kappa shape index (κ2) is 7.13. The second-order valence-electron chi connectivity index (χ2n) is 3.52. The summed E-state index contributed by atoms with van der Waals surface area (Å²) in [7, 11) is 0. The average molecular weight is 246 g/mol. The van der Waals surface area contributed by atoms with Gasteiger partial charge in [0.15, 0.2) is 0 Å². The van der Waals surface area contributed by atoms with Gasteiger partial charge in [-0.15, -0.1) is 0 Å². The van der Waals surface area contributed by atoms with Crippen LogP contribution in [-0.4, -0.2) is 23.7 Å². The van der Waals surface area contributed by atoms with Crippen LogP contribution in [0, 0.1) is 11.8 Å². The Labute approximate surface area is 106 Å². The molecule has 4 nitrogen and oxygen atoms in total. The van der Waals surface area contributed by atoms with Crippen LogP contribution in [0.5, 0.6) is 0 Å². The van der Waals surface area contributed by atoms with Gasteiger partial charge in [-0.25, -0.2) is 4.79 Å². The molecular weight excluding hydrogens is 232 g/mol. The molecule has 4 heteroatoms. The molecule has 18 heavy (non-hydrogen) atoms. The number of aliphatic carboxylic acids is 1. The Morgan fingerprint density at radius 3 is 2.72 bits per heavy atom. The highest BCUT2D eigenvalue weighted by Crippen LogP contribution is 2.09. The first-order chi connectivity index (χ1) is 8.63. The summed E-state index contributed by atoms with van der Waals surface area (Å²) in [6.45, 7) is 1.99. The largest absolute Gasteiger partial charge is 0.481 e. The van der Waals surface area contributed by atoms with Gasteiger partial charge in [0, 0.05) is 17.9 Å². The van der Waals surface area contributed by atoms with Gasteiger partial charge in [0.05, 0.1) is 6.61 Å². The molecule has 94 valence electrons. The van der Waals surface area contributed by atoms with Gasteiger partial charge >= 0.3 is 11.9 Å². The maximum absolute atomic E-state index is 11.1. The molecule has 1 rings (SSSR count). The fraction of sp³-hybridized carbons (Fsp3) is 0.286. The van der Waals surface area contributed by atoms with E-state index in [1.165, 1.54) is 0 Å². The summed E-state index contributed by atoms with van der Waals surface area (Å²) >= 11 is 0. The van der Waals surface area contributed by atoms with Gasteiger partial charge in [0.25, 0.3) is 0 Å². The summed E-state index contributed by atoms with van der Waals surface area (Å²) in [6.07, 6.45) is 0.432. The number of carbonyl (C=O) groups excluding carboxylic acids is 1. The number of carbonyl (C=O) groups is 2. The maximum Gasteiger partial charge on any atom is 0.384 e. The Balaban J connectivity index is 2.81. The smallest absolute Gasteiger partial charge is 0.384 e. The normalized spacial score (nSPS) is 9.17. The molecule has 0 bridgehead atoms. The van der Waals surface area contributed by atoms with Crippen LogP contribution in [0.1, 0.15) is 24.5 Å². The van der Waals surface area contributed by atoms with E-state index in [9.17, 15) is 9.59 Å². The molecule has 0 aromatic heterocycles. The molecule has 0 spiro atoms. The molecule has 0 radical (unpaired) electrons. The van der Waals surface area contributed by atoms with Crippen LogP contribution >= 0.6 is 0 Å². The van der Waals surface area contributed by atoms with E-state index < -0.39 is 11.9 Å². The first-order valence-electron chi connectivity index (χ1n) is 5.62. The molecule has 0 unspecified atom stereocenters. The van der Waals surface area contributed by atoms with Gasteiger partial charge in [0.1, 0.15) is 0 Å². The zero-order valence-electron chi connectivity index (χ0n) is 10.1. The van der Waals surface area contributed by atoms with Crippen molar-refractivity contribution in [3.63, 3.8) is 0 Å². The van der Waals surface area contributed by atoms with Crippen LogP contribution in [-0.2, 0) is 20.7 Å². The zero-order valence-corrected chi connectivity index (χ0v) is 10.1. The maximum atomic E-state index is 11.1. The van der Waals surface area contributed by atoms with Crippen molar-refractivity contribution in [1.29, 1.82) is 0 Å². The molecule has 0 aliphatic carbocycles. The minimum Gasteiger partial charge on any atom is -0.481 e. The Hall–Kier alpha value is -2.28. The van der Waals surface area contributed by atoms with Crippen molar-refractivity contribution in [3.8, 4) is 11.8 Å². The van der Waals surface area contributed by atoms with Gasteiger partial charge in [0.2, 0.25) is 0 Å². The lowest BCUT2D eigenvalue weighted by Gasteiger charge is -2.01. The molecule has 0 amide bonds. The van der Waals surface area contributed by atoms with E-state index >= 15 is 0 Å². The summed E-state index contributed by atoms with van der Waals surface area (Å²) < 4.78 is 4.70. The van der Waals surface area contributed by atoms with Crippen molar-refractivity contribution in [2.24, 2.45) is 0 Å². The zero-order chi connectivity index (χ0) is 13.4. The lowest BCUT2D eigenvalue weighted by atomic mass is 10.0. The van der Waals surface area contributed by atoms with Crippen LogP contribution in [0.3, 0.4) is 0 Å². The standard InChI is InChI=1S/C14H14O4/c1-2-18-14(17)10-8-12-6-4-3-5-11(12)7-9-13(15)16/h3-6H,2,7,9H2,1H3,(H,15,16). The van der Waals surface area contributed by atoms with Crippen molar-refractivity contribution >= 4 is 11.9 Å². The monoisotopic (exact) mass is 246 g/mol. The van der Waals surface area contributed by atoms with E-state index in [0.29, 0.717) is 12.0 Å². The van der Waals surface area contributed by atoms with E-state index in [1.807, 2.05) is 6.07 Å². The number of ether oxygens (including phenoxy) is 1. The highest BCUT2D eigenvalue weighted by Gasteiger charge is 2.03. The summed E-state index contributed by atoms with van der Waals surface area (Å²) in [4.78, 5) is 21.6. The number of benzene rings is 1.